The Hall–Kier alpha value is -9.88. The lowest BCUT2D eigenvalue weighted by atomic mass is 10.0. The number of pyridine rings is 2. The van der Waals surface area contributed by atoms with Gasteiger partial charge >= 0.3 is 12.2 Å². The molecule has 4 heterocycles. The third-order valence-electron chi connectivity index (χ3n) is 14.8. The van der Waals surface area contributed by atoms with Crippen molar-refractivity contribution in [1.29, 1.82) is 0 Å². The number of amides is 4. The molecule has 0 bridgehead atoms. The van der Waals surface area contributed by atoms with Gasteiger partial charge in [-0.15, -0.1) is 0 Å². The van der Waals surface area contributed by atoms with Crippen LogP contribution in [-0.4, -0.2) is 150 Å². The Morgan fingerprint density at radius 2 is 0.717 bits per heavy atom. The number of hydrogen-bond acceptors (Lipinski definition) is 22. The van der Waals surface area contributed by atoms with Crippen LogP contribution in [0.15, 0.2) is 84.9 Å². The highest BCUT2D eigenvalue weighted by molar-refractivity contribution is 6.11. The number of nitrogens with one attached hydrogen (secondary N) is 6. The number of hydrogen-bond donors (Lipinski definition) is 10. The van der Waals surface area contributed by atoms with E-state index in [0.717, 1.165) is 119 Å². The van der Waals surface area contributed by atoms with Gasteiger partial charge in [0.05, 0.1) is 33.4 Å². The maximum Gasteiger partial charge on any atom is 0.410 e. The lowest BCUT2D eigenvalue weighted by Crippen LogP contribution is -2.39. The Labute approximate surface area is 537 Å². The van der Waals surface area contributed by atoms with E-state index >= 15 is 0 Å². The molecule has 4 aromatic carbocycles. The molecule has 0 aliphatic heterocycles. The highest BCUT2D eigenvalue weighted by Crippen LogP contribution is 2.33. The topological polar surface area (TPSA) is 373 Å². The summed E-state index contributed by atoms with van der Waals surface area (Å²) in [5, 5.41) is 23.2. The lowest BCUT2D eigenvalue weighted by molar-refractivity contribution is 0.0232. The van der Waals surface area contributed by atoms with Crippen molar-refractivity contribution in [3.8, 4) is 0 Å². The van der Waals surface area contributed by atoms with Crippen LogP contribution in [0.25, 0.3) is 43.6 Å². The fourth-order valence-electron chi connectivity index (χ4n) is 10.5. The van der Waals surface area contributed by atoms with Gasteiger partial charge in [0.2, 0.25) is 35.7 Å². The highest BCUT2D eigenvalue weighted by atomic mass is 16.6. The van der Waals surface area contributed by atoms with Gasteiger partial charge < -0.3 is 74.1 Å². The van der Waals surface area contributed by atoms with Gasteiger partial charge in [0.1, 0.15) is 11.2 Å². The molecule has 8 aromatic rings. The number of nitrogens with two attached hydrogens (primary N) is 4. The third kappa shape index (κ3) is 20.8. The lowest BCUT2D eigenvalue weighted by Gasteiger charge is -2.28. The predicted molar refractivity (Wildman–Crippen MR) is 365 cm³/mol. The first kappa shape index (κ1) is 68.0. The average molecular weight is 1260 g/mol. The number of benzene rings is 4. The minimum Gasteiger partial charge on any atom is -0.444 e. The molecule has 92 heavy (non-hydrogen) atoms. The van der Waals surface area contributed by atoms with Crippen LogP contribution in [0.2, 0.25) is 0 Å². The molecule has 0 radical (unpaired) electrons. The smallest absolute Gasteiger partial charge is 0.410 e. The van der Waals surface area contributed by atoms with E-state index in [1.54, 1.807) is 21.9 Å². The Morgan fingerprint density at radius 3 is 1.10 bits per heavy atom. The van der Waals surface area contributed by atoms with E-state index < -0.39 is 11.2 Å². The van der Waals surface area contributed by atoms with Crippen molar-refractivity contribution in [2.75, 3.05) is 110 Å². The molecule has 0 atom stereocenters. The molecular weight excluding hydrogens is 1170 g/mol. The molecule has 0 fully saturated rings. The van der Waals surface area contributed by atoms with E-state index in [-0.39, 0.29) is 47.8 Å². The van der Waals surface area contributed by atoms with Crippen LogP contribution in [0.1, 0.15) is 139 Å². The van der Waals surface area contributed by atoms with Crippen LogP contribution in [0, 0.1) is 0 Å². The van der Waals surface area contributed by atoms with Gasteiger partial charge in [-0.05, 0) is 141 Å². The van der Waals surface area contributed by atoms with Crippen LogP contribution in [0.4, 0.5) is 56.7 Å². The zero-order valence-corrected chi connectivity index (χ0v) is 53.9. The normalized spacial score (nSPS) is 11.6. The third-order valence-corrected chi connectivity index (χ3v) is 14.8. The zero-order chi connectivity index (χ0) is 65.6. The first-order valence-electron chi connectivity index (χ1n) is 31.8. The first-order valence-corrected chi connectivity index (χ1v) is 31.8. The quantitative estimate of drug-likeness (QED) is 0.0135. The molecule has 0 aliphatic rings. The van der Waals surface area contributed by atoms with E-state index in [4.69, 9.17) is 42.4 Å². The van der Waals surface area contributed by atoms with Crippen LogP contribution >= 0.6 is 0 Å². The number of nitrogens with zero attached hydrogens (tertiary/aromatic N) is 10. The monoisotopic (exact) mass is 1260 g/mol. The van der Waals surface area contributed by atoms with E-state index in [0.29, 0.717) is 101 Å². The number of anilines is 8. The fourth-order valence-corrected chi connectivity index (χ4v) is 10.5. The molecule has 26 nitrogen and oxygen atoms in total. The fraction of sp³-hybridized carbons (Fsp3) is 0.455. The molecule has 4 aromatic heterocycles. The Bertz CT molecular complexity index is 3520. The standard InChI is InChI=1S/C66H90N20O6/c1-65(2,3)91-63(89)85(39-21-35-73-55(87)43-27-29-51-47(41-43)53(45-23-11-13-25-49(45)77-51)71-31-15-17-33-75-61-81-57(67)79-58(68)82-61)37-19-9-7-8-10-20-38-86(64(90)92-66(4,5)6)40-22-36-74-56(88)44-28-30-52-48(42-44)54(46-24-12-14-26-50(46)78-52)72-32-16-18-34-76-62-83-59(69)80-60(70)84-62/h11-14,23-30,41-42H,7-10,15-22,31-40H2,1-6H3,(H,71,77)(H,72,78)(H,73,87)(H,74,88)(H5,67,68,75,79,81,82)(H5,69,70,76,80,83,84). The number of unbranched alkanes of at least 4 members (excludes halogenated alkanes) is 7. The van der Waals surface area contributed by atoms with Gasteiger partial charge in [0.25, 0.3) is 11.8 Å². The minimum atomic E-state index is -0.671. The molecule has 0 saturated carbocycles. The van der Waals surface area contributed by atoms with Gasteiger partial charge in [0, 0.05) is 98.1 Å². The van der Waals surface area contributed by atoms with E-state index in [1.807, 2.05) is 114 Å². The van der Waals surface area contributed by atoms with Crippen molar-refractivity contribution in [2.45, 2.75) is 130 Å². The van der Waals surface area contributed by atoms with Crippen molar-refractivity contribution in [1.82, 2.24) is 60.3 Å². The number of aromatic nitrogens is 8. The van der Waals surface area contributed by atoms with Gasteiger partial charge in [0.15, 0.2) is 0 Å². The molecule has 26 heteroatoms. The number of carbonyl (C=O) groups is 4. The van der Waals surface area contributed by atoms with E-state index in [9.17, 15) is 19.2 Å². The molecule has 0 aliphatic carbocycles. The van der Waals surface area contributed by atoms with Crippen molar-refractivity contribution >= 4 is 115 Å². The molecular formula is C66H90N20O6. The summed E-state index contributed by atoms with van der Waals surface area (Å²) in [6, 6.07) is 26.9. The summed E-state index contributed by atoms with van der Waals surface area (Å²) < 4.78 is 11.6. The van der Waals surface area contributed by atoms with Crippen LogP contribution in [-0.2, 0) is 9.47 Å². The Kier molecular flexibility index (Phi) is 24.2. The van der Waals surface area contributed by atoms with Crippen LogP contribution in [0.5, 0.6) is 0 Å². The number of para-hydroxylation sites is 2. The van der Waals surface area contributed by atoms with Crippen molar-refractivity contribution in [2.24, 2.45) is 0 Å². The first-order chi connectivity index (χ1) is 44.2. The van der Waals surface area contributed by atoms with Gasteiger partial charge in [-0.3, -0.25) is 9.59 Å². The molecule has 490 valence electrons. The summed E-state index contributed by atoms with van der Waals surface area (Å²) >= 11 is 0. The highest BCUT2D eigenvalue weighted by Gasteiger charge is 2.24. The summed E-state index contributed by atoms with van der Waals surface area (Å²) in [5.41, 5.74) is 27.5. The second-order valence-corrected chi connectivity index (χ2v) is 24.6. The van der Waals surface area contributed by atoms with E-state index in [2.05, 4.69) is 61.8 Å². The number of carbonyl (C=O) groups excluding carboxylic acids is 4. The second-order valence-electron chi connectivity index (χ2n) is 24.6. The Morgan fingerprint density at radius 1 is 0.380 bits per heavy atom. The molecule has 14 N–H and O–H groups in total. The number of fused-ring (bicyclic) bond motifs is 4. The maximum atomic E-state index is 13.7. The summed E-state index contributed by atoms with van der Waals surface area (Å²) in [6.45, 7) is 16.2. The molecule has 0 spiro atoms. The second kappa shape index (κ2) is 32.7. The predicted octanol–water partition coefficient (Wildman–Crippen LogP) is 10.2. The molecule has 4 amide bonds. The van der Waals surface area contributed by atoms with Crippen LogP contribution in [0.3, 0.4) is 0 Å². The number of rotatable bonds is 33. The minimum absolute atomic E-state index is 0.0582. The molecule has 0 saturated heterocycles. The van der Waals surface area contributed by atoms with Crippen LogP contribution < -0.4 is 54.8 Å². The van der Waals surface area contributed by atoms with Gasteiger partial charge in [-0.25, -0.2) is 19.6 Å². The van der Waals surface area contributed by atoms with Gasteiger partial charge in [-0.1, -0.05) is 62.1 Å². The summed E-state index contributed by atoms with van der Waals surface area (Å²) in [6.07, 6.45) is 8.81. The molecule has 8 rings (SSSR count). The van der Waals surface area contributed by atoms with E-state index in [1.165, 1.54) is 0 Å². The van der Waals surface area contributed by atoms with Crippen molar-refractivity contribution in [3.63, 3.8) is 0 Å². The summed E-state index contributed by atoms with van der Waals surface area (Å²) in [7, 11) is 0. The average Bonchev–Trinajstić information content (AvgIpc) is 0.785. The van der Waals surface area contributed by atoms with Crippen molar-refractivity contribution < 1.29 is 28.7 Å². The number of ether oxygens (including phenoxy) is 2. The zero-order valence-electron chi connectivity index (χ0n) is 53.9. The SMILES string of the molecule is CC(C)(C)OC(=O)N(CCCCCCCCN(CCCNC(=O)c1ccc2nc3ccccc3c(NCCCCNc3nc(N)nc(N)n3)c2c1)C(=O)OC(C)(C)C)CCCNC(=O)c1ccc2nc3ccccc3c(NCCCCNc3nc(N)nc(N)n3)c2c1. The summed E-state index contributed by atoms with van der Waals surface area (Å²) in [5.74, 6) is 0.451. The van der Waals surface area contributed by atoms with Crippen molar-refractivity contribution in [3.05, 3.63) is 96.1 Å². The molecule has 0 unspecified atom stereocenters. The van der Waals surface area contributed by atoms with Gasteiger partial charge in [-0.2, -0.15) is 29.9 Å². The number of nitrogen functional groups attached to an aromatic ring is 4. The summed E-state index contributed by atoms with van der Waals surface area (Å²) in [4.78, 5) is 91.4. The Balaban J connectivity index is 0.763. The maximum absolute atomic E-state index is 13.7. The largest absolute Gasteiger partial charge is 0.444 e.